The first-order valence-electron chi connectivity index (χ1n) is 7.30. The zero-order valence-corrected chi connectivity index (χ0v) is 13.0. The first-order valence-corrected chi connectivity index (χ1v) is 7.30. The van der Waals surface area contributed by atoms with Crippen LogP contribution >= 0.6 is 0 Å². The second-order valence-corrected chi connectivity index (χ2v) is 4.97. The van der Waals surface area contributed by atoms with Crippen LogP contribution < -0.4 is 11.1 Å². The van der Waals surface area contributed by atoms with E-state index in [2.05, 4.69) is 22.1 Å². The molecule has 0 aliphatic rings. The van der Waals surface area contributed by atoms with Crippen molar-refractivity contribution >= 4 is 11.9 Å². The standard InChI is InChI=1S/C18H19N3O2/c1-14-11-16(12-21-17(14)19)9-5-6-10-20-18(22)23-13-15-7-3-2-4-8-15/h2-4,7-8,11-12H,6,10,13H2,1H3,(H2,19,21)(H,20,22). The third kappa shape index (κ3) is 5.71. The van der Waals surface area contributed by atoms with Gasteiger partial charge in [0.25, 0.3) is 0 Å². The molecule has 2 aromatic rings. The number of hydrogen-bond acceptors (Lipinski definition) is 4. The molecule has 0 fully saturated rings. The fourth-order valence-electron chi connectivity index (χ4n) is 1.82. The van der Waals surface area contributed by atoms with Crippen LogP contribution in [0.1, 0.15) is 23.1 Å². The number of alkyl carbamates (subject to hydrolysis) is 1. The molecule has 5 nitrogen and oxygen atoms in total. The van der Waals surface area contributed by atoms with Crippen molar-refractivity contribution in [2.75, 3.05) is 12.3 Å². The van der Waals surface area contributed by atoms with E-state index in [4.69, 9.17) is 10.5 Å². The van der Waals surface area contributed by atoms with Crippen LogP contribution in [0, 0.1) is 18.8 Å². The van der Waals surface area contributed by atoms with Gasteiger partial charge in [0.2, 0.25) is 0 Å². The molecule has 23 heavy (non-hydrogen) atoms. The number of nitrogen functional groups attached to an aromatic ring is 1. The Labute approximate surface area is 135 Å². The number of hydrogen-bond donors (Lipinski definition) is 2. The highest BCUT2D eigenvalue weighted by molar-refractivity contribution is 5.67. The van der Waals surface area contributed by atoms with Gasteiger partial charge >= 0.3 is 6.09 Å². The van der Waals surface area contributed by atoms with Crippen molar-refractivity contribution in [1.82, 2.24) is 10.3 Å². The van der Waals surface area contributed by atoms with E-state index in [-0.39, 0.29) is 6.61 Å². The number of pyridine rings is 1. The highest BCUT2D eigenvalue weighted by Crippen LogP contribution is 2.07. The van der Waals surface area contributed by atoms with Gasteiger partial charge in [0, 0.05) is 24.7 Å². The van der Waals surface area contributed by atoms with Crippen molar-refractivity contribution in [3.05, 3.63) is 59.3 Å². The van der Waals surface area contributed by atoms with Crippen molar-refractivity contribution < 1.29 is 9.53 Å². The maximum Gasteiger partial charge on any atom is 0.407 e. The minimum atomic E-state index is -0.444. The number of nitrogens with one attached hydrogen (secondary N) is 1. The molecule has 0 unspecified atom stereocenters. The lowest BCUT2D eigenvalue weighted by molar-refractivity contribution is 0.140. The Kier molecular flexibility index (Phi) is 6.01. The number of benzene rings is 1. The number of rotatable bonds is 4. The van der Waals surface area contributed by atoms with Gasteiger partial charge in [-0.25, -0.2) is 9.78 Å². The largest absolute Gasteiger partial charge is 0.445 e. The number of carbonyl (C=O) groups is 1. The summed E-state index contributed by atoms with van der Waals surface area (Å²) in [5.74, 6) is 6.47. The molecule has 0 aliphatic heterocycles. The fourth-order valence-corrected chi connectivity index (χ4v) is 1.82. The van der Waals surface area contributed by atoms with Crippen molar-refractivity contribution in [3.63, 3.8) is 0 Å². The van der Waals surface area contributed by atoms with Crippen LogP contribution in [0.4, 0.5) is 10.6 Å². The van der Waals surface area contributed by atoms with Crippen LogP contribution in [-0.2, 0) is 11.3 Å². The molecule has 1 aromatic carbocycles. The molecule has 118 valence electrons. The van der Waals surface area contributed by atoms with E-state index in [1.807, 2.05) is 43.3 Å². The molecule has 0 saturated carbocycles. The Morgan fingerprint density at radius 1 is 1.35 bits per heavy atom. The lowest BCUT2D eigenvalue weighted by atomic mass is 10.2. The predicted molar refractivity (Wildman–Crippen MR) is 89.5 cm³/mol. The Morgan fingerprint density at radius 2 is 2.13 bits per heavy atom. The molecule has 0 saturated heterocycles. The van der Waals surface area contributed by atoms with Gasteiger partial charge in [-0.1, -0.05) is 42.2 Å². The van der Waals surface area contributed by atoms with E-state index in [9.17, 15) is 4.79 Å². The predicted octanol–water partition coefficient (Wildman–Crippen LogP) is 2.64. The molecule has 2 rings (SSSR count). The normalized spacial score (nSPS) is 9.61. The van der Waals surface area contributed by atoms with E-state index in [1.165, 1.54) is 0 Å². The van der Waals surface area contributed by atoms with Crippen LogP contribution in [-0.4, -0.2) is 17.6 Å². The van der Waals surface area contributed by atoms with Gasteiger partial charge in [-0.2, -0.15) is 0 Å². The molecule has 0 atom stereocenters. The van der Waals surface area contributed by atoms with Gasteiger partial charge in [0.05, 0.1) is 0 Å². The second kappa shape index (κ2) is 8.44. The van der Waals surface area contributed by atoms with Crippen molar-refractivity contribution in [2.24, 2.45) is 0 Å². The zero-order valence-electron chi connectivity index (χ0n) is 13.0. The maximum atomic E-state index is 11.5. The van der Waals surface area contributed by atoms with Gasteiger partial charge in [0.1, 0.15) is 12.4 Å². The minimum absolute atomic E-state index is 0.259. The molecule has 5 heteroatoms. The highest BCUT2D eigenvalue weighted by atomic mass is 16.5. The monoisotopic (exact) mass is 309 g/mol. The maximum absolute atomic E-state index is 11.5. The van der Waals surface area contributed by atoms with Gasteiger partial charge in [-0.15, -0.1) is 0 Å². The molecule has 0 aliphatic carbocycles. The topological polar surface area (TPSA) is 77.2 Å². The zero-order chi connectivity index (χ0) is 16.5. The summed E-state index contributed by atoms with van der Waals surface area (Å²) in [6, 6.07) is 11.4. The average molecular weight is 309 g/mol. The number of nitrogens with zero attached hydrogens (tertiary/aromatic N) is 1. The van der Waals surface area contributed by atoms with Gasteiger partial charge in [-0.05, 0) is 24.1 Å². The fraction of sp³-hybridized carbons (Fsp3) is 0.222. The third-order valence-electron chi connectivity index (χ3n) is 3.08. The van der Waals surface area contributed by atoms with E-state index in [0.29, 0.717) is 18.8 Å². The van der Waals surface area contributed by atoms with E-state index in [1.54, 1.807) is 6.20 Å². The SMILES string of the molecule is Cc1cc(C#CCCNC(=O)OCc2ccccc2)cnc1N. The number of ether oxygens (including phenoxy) is 1. The van der Waals surface area contributed by atoms with Crippen LogP contribution in [0.5, 0.6) is 0 Å². The molecular weight excluding hydrogens is 290 g/mol. The van der Waals surface area contributed by atoms with Gasteiger partial charge in [0.15, 0.2) is 0 Å². The Hall–Kier alpha value is -3.00. The van der Waals surface area contributed by atoms with Crippen LogP contribution in [0.15, 0.2) is 42.6 Å². The summed E-state index contributed by atoms with van der Waals surface area (Å²) >= 11 is 0. The van der Waals surface area contributed by atoms with Crippen molar-refractivity contribution in [1.29, 1.82) is 0 Å². The summed E-state index contributed by atoms with van der Waals surface area (Å²) in [6.45, 7) is 2.58. The smallest absolute Gasteiger partial charge is 0.407 e. The number of anilines is 1. The second-order valence-electron chi connectivity index (χ2n) is 4.97. The molecule has 0 spiro atoms. The molecule has 0 bridgehead atoms. The van der Waals surface area contributed by atoms with E-state index in [0.717, 1.165) is 16.7 Å². The molecule has 1 heterocycles. The summed E-state index contributed by atoms with van der Waals surface area (Å²) in [7, 11) is 0. The first-order chi connectivity index (χ1) is 11.1. The number of carbonyl (C=O) groups excluding carboxylic acids is 1. The summed E-state index contributed by atoms with van der Waals surface area (Å²) in [4.78, 5) is 15.6. The Balaban J connectivity index is 1.68. The highest BCUT2D eigenvalue weighted by Gasteiger charge is 2.00. The van der Waals surface area contributed by atoms with Crippen LogP contribution in [0.25, 0.3) is 0 Å². The number of nitrogens with two attached hydrogens (primary N) is 1. The summed E-state index contributed by atoms with van der Waals surface area (Å²) in [5, 5.41) is 2.66. The molecule has 3 N–H and O–H groups in total. The first kappa shape index (κ1) is 16.4. The van der Waals surface area contributed by atoms with Crippen molar-refractivity contribution in [3.8, 4) is 11.8 Å². The van der Waals surface area contributed by atoms with Crippen LogP contribution in [0.3, 0.4) is 0 Å². The molecular formula is C18H19N3O2. The summed E-state index contributed by atoms with van der Waals surface area (Å²) < 4.78 is 5.10. The Morgan fingerprint density at radius 3 is 2.87 bits per heavy atom. The van der Waals surface area contributed by atoms with Gasteiger partial charge < -0.3 is 15.8 Å². The summed E-state index contributed by atoms with van der Waals surface area (Å²) in [6.07, 6.45) is 1.72. The average Bonchev–Trinajstić information content (AvgIpc) is 2.57. The minimum Gasteiger partial charge on any atom is -0.445 e. The van der Waals surface area contributed by atoms with E-state index >= 15 is 0 Å². The summed E-state index contributed by atoms with van der Waals surface area (Å²) in [5.41, 5.74) is 8.31. The third-order valence-corrected chi connectivity index (χ3v) is 3.08. The van der Waals surface area contributed by atoms with Crippen LogP contribution in [0.2, 0.25) is 0 Å². The lowest BCUT2D eigenvalue weighted by Gasteiger charge is -2.05. The molecule has 1 aromatic heterocycles. The number of aryl methyl sites for hydroxylation is 1. The lowest BCUT2D eigenvalue weighted by Crippen LogP contribution is -2.24. The molecule has 1 amide bonds. The quantitative estimate of drug-likeness (QED) is 0.672. The Bertz CT molecular complexity index is 718. The number of aromatic nitrogens is 1. The number of amides is 1. The van der Waals surface area contributed by atoms with E-state index < -0.39 is 6.09 Å². The van der Waals surface area contributed by atoms with Crippen molar-refractivity contribution in [2.45, 2.75) is 20.0 Å². The van der Waals surface area contributed by atoms with Gasteiger partial charge in [-0.3, -0.25) is 0 Å². The molecule has 0 radical (unpaired) electrons.